The summed E-state index contributed by atoms with van der Waals surface area (Å²) in [6.45, 7) is 4.42. The second-order valence-electron chi connectivity index (χ2n) is 8.90. The Kier molecular flexibility index (Phi) is 6.72. The molecule has 0 radical (unpaired) electrons. The van der Waals surface area contributed by atoms with E-state index in [1.165, 1.54) is 6.07 Å². The van der Waals surface area contributed by atoms with Crippen LogP contribution in [0.4, 0.5) is 0 Å². The number of aryl methyl sites for hydroxylation is 2. The number of carboxylic acid groups (broad SMARTS) is 1. The van der Waals surface area contributed by atoms with Crippen LogP contribution < -0.4 is 10.4 Å². The van der Waals surface area contributed by atoms with E-state index < -0.39 is 17.0 Å². The maximum atomic E-state index is 13.0. The minimum atomic E-state index is -0.988. The summed E-state index contributed by atoms with van der Waals surface area (Å²) >= 11 is 0. The van der Waals surface area contributed by atoms with Gasteiger partial charge in [-0.15, -0.1) is 0 Å². The number of aliphatic carboxylic acids is 1. The molecular weight excluding hydrogens is 434 g/mol. The molecule has 0 saturated carbocycles. The first-order valence-corrected chi connectivity index (χ1v) is 11.6. The third-order valence-corrected chi connectivity index (χ3v) is 6.61. The van der Waals surface area contributed by atoms with Gasteiger partial charge in [0.2, 0.25) is 0 Å². The molecule has 2 heterocycles. The van der Waals surface area contributed by atoms with Crippen LogP contribution in [-0.4, -0.2) is 41.6 Å². The van der Waals surface area contributed by atoms with Crippen LogP contribution in [0, 0.1) is 6.92 Å². The first-order valence-electron chi connectivity index (χ1n) is 11.6. The van der Waals surface area contributed by atoms with E-state index in [0.717, 1.165) is 23.1 Å². The lowest BCUT2D eigenvalue weighted by molar-refractivity contribution is -0.148. The number of piperidine rings is 1. The van der Waals surface area contributed by atoms with Crippen LogP contribution in [0.1, 0.15) is 42.9 Å². The summed E-state index contributed by atoms with van der Waals surface area (Å²) in [7, 11) is 0. The Morgan fingerprint density at radius 3 is 2.47 bits per heavy atom. The summed E-state index contributed by atoms with van der Waals surface area (Å²) in [5.41, 5.74) is 1.52. The smallest absolute Gasteiger partial charge is 0.336 e. The lowest BCUT2D eigenvalue weighted by Crippen LogP contribution is -2.50. The molecule has 2 aromatic carbocycles. The van der Waals surface area contributed by atoms with Crippen LogP contribution in [0.2, 0.25) is 0 Å². The number of hydrogen-bond acceptors (Lipinski definition) is 5. The van der Waals surface area contributed by atoms with E-state index in [1.807, 2.05) is 50.2 Å². The highest BCUT2D eigenvalue weighted by Crippen LogP contribution is 2.36. The van der Waals surface area contributed by atoms with Crippen LogP contribution >= 0.6 is 0 Å². The third kappa shape index (κ3) is 4.55. The Morgan fingerprint density at radius 2 is 1.82 bits per heavy atom. The van der Waals surface area contributed by atoms with E-state index in [1.54, 1.807) is 11.0 Å². The maximum Gasteiger partial charge on any atom is 0.336 e. The Labute approximate surface area is 198 Å². The van der Waals surface area contributed by atoms with Gasteiger partial charge in [0.25, 0.3) is 5.91 Å². The predicted octanol–water partition coefficient (Wildman–Crippen LogP) is 4.08. The number of ether oxygens (including phenoxy) is 1. The van der Waals surface area contributed by atoms with Crippen molar-refractivity contribution >= 4 is 22.8 Å². The Balaban J connectivity index is 1.50. The van der Waals surface area contributed by atoms with Crippen LogP contribution in [0.3, 0.4) is 0 Å². The summed E-state index contributed by atoms with van der Waals surface area (Å²) in [4.78, 5) is 38.8. The number of nitrogens with zero attached hydrogens (tertiary/aromatic N) is 1. The number of likely N-dealkylation sites (tertiary alicyclic amines) is 1. The molecule has 1 aliphatic heterocycles. The molecule has 7 heteroatoms. The van der Waals surface area contributed by atoms with Crippen molar-refractivity contribution in [3.63, 3.8) is 0 Å². The molecule has 1 saturated heterocycles. The van der Waals surface area contributed by atoms with Crippen molar-refractivity contribution in [1.82, 2.24) is 4.90 Å². The molecule has 1 fully saturated rings. The third-order valence-electron chi connectivity index (χ3n) is 6.61. The van der Waals surface area contributed by atoms with Crippen LogP contribution in [0.5, 0.6) is 5.75 Å². The van der Waals surface area contributed by atoms with Crippen LogP contribution in [0.15, 0.2) is 57.7 Å². The fourth-order valence-electron chi connectivity index (χ4n) is 4.80. The molecule has 1 N–H and O–H groups in total. The van der Waals surface area contributed by atoms with E-state index >= 15 is 0 Å². The number of carboxylic acids is 1. The second kappa shape index (κ2) is 9.71. The molecule has 4 rings (SSSR count). The zero-order valence-corrected chi connectivity index (χ0v) is 19.5. The zero-order chi connectivity index (χ0) is 24.3. The molecule has 0 aliphatic carbocycles. The highest BCUT2D eigenvalue weighted by molar-refractivity contribution is 5.88. The van der Waals surface area contributed by atoms with Gasteiger partial charge < -0.3 is 19.2 Å². The summed E-state index contributed by atoms with van der Waals surface area (Å²) in [6.07, 6.45) is 2.23. The normalized spacial score (nSPS) is 15.3. The van der Waals surface area contributed by atoms with E-state index in [-0.39, 0.29) is 12.5 Å². The van der Waals surface area contributed by atoms with Crippen molar-refractivity contribution in [2.45, 2.75) is 44.9 Å². The number of carbonyl (C=O) groups is 2. The van der Waals surface area contributed by atoms with Gasteiger partial charge in [0.1, 0.15) is 11.3 Å². The van der Waals surface area contributed by atoms with Gasteiger partial charge in [-0.05, 0) is 55.0 Å². The summed E-state index contributed by atoms with van der Waals surface area (Å²) in [5.74, 6) is -0.550. The highest BCUT2D eigenvalue weighted by Gasteiger charge is 2.43. The predicted molar refractivity (Wildman–Crippen MR) is 128 cm³/mol. The molecule has 178 valence electrons. The van der Waals surface area contributed by atoms with E-state index in [2.05, 4.69) is 0 Å². The van der Waals surface area contributed by atoms with Gasteiger partial charge in [-0.1, -0.05) is 43.7 Å². The molecule has 0 unspecified atom stereocenters. The molecule has 1 aliphatic rings. The van der Waals surface area contributed by atoms with Crippen molar-refractivity contribution in [2.24, 2.45) is 0 Å². The van der Waals surface area contributed by atoms with E-state index in [0.29, 0.717) is 49.1 Å². The number of fused-ring (bicyclic) bond motifs is 1. The average molecular weight is 464 g/mol. The summed E-state index contributed by atoms with van der Waals surface area (Å²) in [6, 6.07) is 14.3. The monoisotopic (exact) mass is 463 g/mol. The highest BCUT2D eigenvalue weighted by atomic mass is 16.5. The molecule has 0 spiro atoms. The van der Waals surface area contributed by atoms with Crippen LogP contribution in [0.25, 0.3) is 11.0 Å². The van der Waals surface area contributed by atoms with E-state index in [9.17, 15) is 19.5 Å². The summed E-state index contributed by atoms with van der Waals surface area (Å²) in [5, 5.41) is 10.7. The fourth-order valence-corrected chi connectivity index (χ4v) is 4.80. The lowest BCUT2D eigenvalue weighted by atomic mass is 9.73. The second-order valence-corrected chi connectivity index (χ2v) is 8.90. The first kappa shape index (κ1) is 23.5. The van der Waals surface area contributed by atoms with Gasteiger partial charge in [-0.2, -0.15) is 0 Å². The molecule has 7 nitrogen and oxygen atoms in total. The molecule has 34 heavy (non-hydrogen) atoms. The minimum Gasteiger partial charge on any atom is -0.483 e. The van der Waals surface area contributed by atoms with Gasteiger partial charge in [0, 0.05) is 19.2 Å². The Hall–Kier alpha value is -3.61. The SMILES string of the molecule is CCCc1cc(=O)oc2cc(C)cc(OCC(=O)N3CCC(C(=O)O)(c4ccccc4)CC3)c12. The molecule has 1 amide bonds. The van der Waals surface area contributed by atoms with Crippen molar-refractivity contribution in [3.8, 4) is 5.75 Å². The van der Waals surface area contributed by atoms with Gasteiger partial charge in [-0.25, -0.2) is 4.79 Å². The van der Waals surface area contributed by atoms with Crippen molar-refractivity contribution in [2.75, 3.05) is 19.7 Å². The number of carbonyl (C=O) groups excluding carboxylic acids is 1. The van der Waals surface area contributed by atoms with Gasteiger partial charge >= 0.3 is 11.6 Å². The zero-order valence-electron chi connectivity index (χ0n) is 19.5. The molecular formula is C27H29NO6. The Bertz CT molecular complexity index is 1260. The maximum absolute atomic E-state index is 13.0. The molecule has 0 atom stereocenters. The van der Waals surface area contributed by atoms with Crippen molar-refractivity contribution < 1.29 is 23.8 Å². The van der Waals surface area contributed by atoms with Crippen molar-refractivity contribution in [1.29, 1.82) is 0 Å². The van der Waals surface area contributed by atoms with Crippen molar-refractivity contribution in [3.05, 3.63) is 75.6 Å². The van der Waals surface area contributed by atoms with Crippen LogP contribution in [-0.2, 0) is 21.4 Å². The largest absolute Gasteiger partial charge is 0.483 e. The fraction of sp³-hybridized carbons (Fsp3) is 0.370. The van der Waals surface area contributed by atoms with Gasteiger partial charge in [0.15, 0.2) is 6.61 Å². The Morgan fingerprint density at radius 1 is 1.12 bits per heavy atom. The average Bonchev–Trinajstić information content (AvgIpc) is 2.82. The quantitative estimate of drug-likeness (QED) is 0.531. The lowest BCUT2D eigenvalue weighted by Gasteiger charge is -2.39. The van der Waals surface area contributed by atoms with Gasteiger partial charge in [-0.3, -0.25) is 9.59 Å². The first-order chi connectivity index (χ1) is 16.3. The molecule has 3 aromatic rings. The number of benzene rings is 2. The number of hydrogen-bond donors (Lipinski definition) is 1. The number of amides is 1. The topological polar surface area (TPSA) is 97.0 Å². The van der Waals surface area contributed by atoms with Gasteiger partial charge in [0.05, 0.1) is 10.8 Å². The minimum absolute atomic E-state index is 0.172. The standard InChI is InChI=1S/C27H29NO6/c1-3-7-19-16-24(30)34-22-15-18(2)14-21(25(19)22)33-17-23(29)28-12-10-27(11-13-28,26(31)32)20-8-5-4-6-9-20/h4-6,8-9,14-16H,3,7,10-13,17H2,1-2H3,(H,31,32). The molecule has 0 bridgehead atoms. The van der Waals surface area contributed by atoms with E-state index in [4.69, 9.17) is 9.15 Å². The summed E-state index contributed by atoms with van der Waals surface area (Å²) < 4.78 is 11.4. The number of rotatable bonds is 7. The molecule has 1 aromatic heterocycles.